The minimum atomic E-state index is 0.547. The lowest BCUT2D eigenvalue weighted by molar-refractivity contribution is 0.482. The first-order valence-corrected chi connectivity index (χ1v) is 3.32. The van der Waals surface area contributed by atoms with E-state index in [0.29, 0.717) is 11.4 Å². The van der Waals surface area contributed by atoms with Crippen LogP contribution in [0.4, 0.5) is 5.69 Å². The quantitative estimate of drug-likeness (QED) is 0.651. The van der Waals surface area contributed by atoms with Crippen LogP contribution in [-0.2, 0) is 0 Å². The van der Waals surface area contributed by atoms with E-state index in [-0.39, 0.29) is 0 Å². The summed E-state index contributed by atoms with van der Waals surface area (Å²) in [5, 5.41) is 0. The molecule has 0 atom stereocenters. The Morgan fingerprint density at radius 2 is 2.45 bits per heavy atom. The van der Waals surface area contributed by atoms with Gasteiger partial charge in [0, 0.05) is 12.3 Å². The van der Waals surface area contributed by atoms with Crippen LogP contribution in [0.25, 0.3) is 0 Å². The van der Waals surface area contributed by atoms with Crippen molar-refractivity contribution in [2.45, 2.75) is 6.92 Å². The van der Waals surface area contributed by atoms with Gasteiger partial charge in [-0.2, -0.15) is 0 Å². The summed E-state index contributed by atoms with van der Waals surface area (Å²) in [6.45, 7) is 1.87. The second-order valence-corrected chi connectivity index (χ2v) is 2.00. The van der Waals surface area contributed by atoms with Gasteiger partial charge in [0.25, 0.3) is 0 Å². The van der Waals surface area contributed by atoms with Crippen LogP contribution in [0.3, 0.4) is 0 Å². The molecule has 0 aromatic carbocycles. The van der Waals surface area contributed by atoms with Crippen molar-refractivity contribution < 1.29 is 4.74 Å². The standard InChI is InChI=1S/C8H10N2O/c1-2-5-11-8-3-4-10-6-7(8)9/h2-6H,9H2,1H3/b5-2+. The summed E-state index contributed by atoms with van der Waals surface area (Å²) < 4.78 is 5.14. The highest BCUT2D eigenvalue weighted by molar-refractivity contribution is 5.49. The average molecular weight is 150 g/mol. The highest BCUT2D eigenvalue weighted by Crippen LogP contribution is 2.18. The smallest absolute Gasteiger partial charge is 0.152 e. The van der Waals surface area contributed by atoms with Gasteiger partial charge >= 0.3 is 0 Å². The SMILES string of the molecule is C/C=C/Oc1ccncc1N. The summed E-state index contributed by atoms with van der Waals surface area (Å²) >= 11 is 0. The second-order valence-electron chi connectivity index (χ2n) is 2.00. The van der Waals surface area contributed by atoms with Crippen LogP contribution in [-0.4, -0.2) is 4.98 Å². The molecule has 0 radical (unpaired) electrons. The molecule has 0 saturated carbocycles. The van der Waals surface area contributed by atoms with E-state index < -0.39 is 0 Å². The van der Waals surface area contributed by atoms with E-state index in [4.69, 9.17) is 10.5 Å². The van der Waals surface area contributed by atoms with E-state index in [0.717, 1.165) is 0 Å². The van der Waals surface area contributed by atoms with Crippen LogP contribution in [0.2, 0.25) is 0 Å². The van der Waals surface area contributed by atoms with E-state index in [1.807, 2.05) is 6.92 Å². The van der Waals surface area contributed by atoms with Gasteiger partial charge in [-0.1, -0.05) is 6.08 Å². The molecule has 58 valence electrons. The Hall–Kier alpha value is -1.51. The Kier molecular flexibility index (Phi) is 2.49. The van der Waals surface area contributed by atoms with Crippen LogP contribution in [0.15, 0.2) is 30.8 Å². The molecule has 0 spiro atoms. The summed E-state index contributed by atoms with van der Waals surface area (Å²) in [7, 11) is 0. The van der Waals surface area contributed by atoms with Gasteiger partial charge in [0.2, 0.25) is 0 Å². The lowest BCUT2D eigenvalue weighted by Crippen LogP contribution is -1.91. The number of hydrogen-bond acceptors (Lipinski definition) is 3. The molecule has 1 aromatic rings. The molecule has 3 nitrogen and oxygen atoms in total. The van der Waals surface area contributed by atoms with Crippen molar-refractivity contribution in [3.63, 3.8) is 0 Å². The van der Waals surface area contributed by atoms with Crippen molar-refractivity contribution in [3.05, 3.63) is 30.8 Å². The van der Waals surface area contributed by atoms with Gasteiger partial charge in [0.05, 0.1) is 18.1 Å². The third-order valence-electron chi connectivity index (χ3n) is 1.14. The Morgan fingerprint density at radius 3 is 3.09 bits per heavy atom. The van der Waals surface area contributed by atoms with Gasteiger partial charge in [-0.05, 0) is 6.92 Å². The van der Waals surface area contributed by atoms with E-state index in [9.17, 15) is 0 Å². The third-order valence-corrected chi connectivity index (χ3v) is 1.14. The highest BCUT2D eigenvalue weighted by atomic mass is 16.5. The topological polar surface area (TPSA) is 48.1 Å². The molecule has 0 unspecified atom stereocenters. The predicted molar refractivity (Wildman–Crippen MR) is 44.1 cm³/mol. The number of anilines is 1. The number of allylic oxidation sites excluding steroid dienone is 1. The Bertz CT molecular complexity index is 258. The maximum Gasteiger partial charge on any atom is 0.152 e. The number of nitrogens with zero attached hydrogens (tertiary/aromatic N) is 1. The number of nitrogen functional groups attached to an aromatic ring is 1. The molecular weight excluding hydrogens is 140 g/mol. The number of rotatable bonds is 2. The first-order valence-electron chi connectivity index (χ1n) is 3.32. The van der Waals surface area contributed by atoms with Crippen molar-refractivity contribution in [1.82, 2.24) is 4.98 Å². The second kappa shape index (κ2) is 3.61. The van der Waals surface area contributed by atoms with Gasteiger partial charge in [0.15, 0.2) is 5.75 Å². The molecule has 1 aromatic heterocycles. The minimum Gasteiger partial charge on any atom is -0.463 e. The lowest BCUT2D eigenvalue weighted by atomic mass is 10.4. The van der Waals surface area contributed by atoms with Crippen LogP contribution < -0.4 is 10.5 Å². The molecule has 1 rings (SSSR count). The van der Waals surface area contributed by atoms with Crippen LogP contribution in [0.1, 0.15) is 6.92 Å². The van der Waals surface area contributed by atoms with Crippen molar-refractivity contribution in [2.24, 2.45) is 0 Å². The van der Waals surface area contributed by atoms with Crippen molar-refractivity contribution in [2.75, 3.05) is 5.73 Å². The van der Waals surface area contributed by atoms with E-state index >= 15 is 0 Å². The largest absolute Gasteiger partial charge is 0.463 e. The number of aromatic nitrogens is 1. The normalized spacial score (nSPS) is 10.3. The average Bonchev–Trinajstić information content (AvgIpc) is 2.03. The van der Waals surface area contributed by atoms with Gasteiger partial charge in [-0.3, -0.25) is 4.98 Å². The molecular formula is C8H10N2O. The molecule has 0 aliphatic carbocycles. The van der Waals surface area contributed by atoms with Gasteiger partial charge in [-0.25, -0.2) is 0 Å². The zero-order valence-electron chi connectivity index (χ0n) is 6.32. The minimum absolute atomic E-state index is 0.547. The molecule has 0 aliphatic rings. The Balaban J connectivity index is 2.77. The fraction of sp³-hybridized carbons (Fsp3) is 0.125. The lowest BCUT2D eigenvalue weighted by Gasteiger charge is -2.01. The van der Waals surface area contributed by atoms with Crippen LogP contribution in [0.5, 0.6) is 5.75 Å². The monoisotopic (exact) mass is 150 g/mol. The van der Waals surface area contributed by atoms with E-state index in [2.05, 4.69) is 4.98 Å². The number of ether oxygens (including phenoxy) is 1. The molecule has 0 saturated heterocycles. The van der Waals surface area contributed by atoms with E-state index in [1.54, 1.807) is 30.8 Å². The molecule has 1 heterocycles. The molecule has 2 N–H and O–H groups in total. The van der Waals surface area contributed by atoms with Crippen LogP contribution in [0, 0.1) is 0 Å². The molecule has 0 aliphatic heterocycles. The molecule has 0 bridgehead atoms. The molecule has 3 heteroatoms. The summed E-state index contributed by atoms with van der Waals surface area (Å²) in [6, 6.07) is 1.72. The van der Waals surface area contributed by atoms with Crippen molar-refractivity contribution in [3.8, 4) is 5.75 Å². The summed E-state index contributed by atoms with van der Waals surface area (Å²) in [4.78, 5) is 3.82. The molecule has 11 heavy (non-hydrogen) atoms. The summed E-state index contributed by atoms with van der Waals surface area (Å²) in [5.41, 5.74) is 6.09. The van der Waals surface area contributed by atoms with Crippen molar-refractivity contribution >= 4 is 5.69 Å². The van der Waals surface area contributed by atoms with Crippen molar-refractivity contribution in [1.29, 1.82) is 0 Å². The first-order chi connectivity index (χ1) is 5.34. The fourth-order valence-corrected chi connectivity index (χ4v) is 0.643. The summed E-state index contributed by atoms with van der Waals surface area (Å²) in [5.74, 6) is 0.637. The Morgan fingerprint density at radius 1 is 1.64 bits per heavy atom. The maximum atomic E-state index is 5.54. The fourth-order valence-electron chi connectivity index (χ4n) is 0.643. The maximum absolute atomic E-state index is 5.54. The number of nitrogens with two attached hydrogens (primary N) is 1. The van der Waals surface area contributed by atoms with E-state index in [1.165, 1.54) is 0 Å². The van der Waals surface area contributed by atoms with Gasteiger partial charge in [0.1, 0.15) is 0 Å². The van der Waals surface area contributed by atoms with Gasteiger partial charge < -0.3 is 10.5 Å². The summed E-state index contributed by atoms with van der Waals surface area (Å²) in [6.07, 6.45) is 6.56. The zero-order valence-corrected chi connectivity index (χ0v) is 6.32. The Labute approximate surface area is 65.5 Å². The number of hydrogen-bond donors (Lipinski definition) is 1. The highest BCUT2D eigenvalue weighted by Gasteiger charge is 1.94. The first kappa shape index (κ1) is 7.60. The third kappa shape index (κ3) is 1.97. The number of pyridine rings is 1. The predicted octanol–water partition coefficient (Wildman–Crippen LogP) is 1.58. The zero-order chi connectivity index (χ0) is 8.10. The molecule has 0 amide bonds. The van der Waals surface area contributed by atoms with Gasteiger partial charge in [-0.15, -0.1) is 0 Å². The molecule has 0 fully saturated rings. The van der Waals surface area contributed by atoms with Crippen LogP contribution >= 0.6 is 0 Å².